The smallest absolute Gasteiger partial charge is 0.362 e. The van der Waals surface area contributed by atoms with Crippen molar-refractivity contribution < 1.29 is 13.6 Å². The summed E-state index contributed by atoms with van der Waals surface area (Å²) in [5.41, 5.74) is 6.46. The minimum Gasteiger partial charge on any atom is -0.397 e. The number of hydrogen-bond donors (Lipinski definition) is 1. The summed E-state index contributed by atoms with van der Waals surface area (Å²) < 4.78 is 22.2. The Morgan fingerprint density at radius 3 is 2.35 bits per heavy atom. The van der Waals surface area contributed by atoms with Crippen molar-refractivity contribution in [1.82, 2.24) is 0 Å². The van der Waals surface area contributed by atoms with Crippen molar-refractivity contribution in [2.45, 2.75) is 0 Å². The average molecular weight is 251 g/mol. The molecular formula is C12H14NO3P. The van der Waals surface area contributed by atoms with Gasteiger partial charge < -0.3 is 14.8 Å². The molecule has 4 nitrogen and oxygen atoms in total. The van der Waals surface area contributed by atoms with Crippen LogP contribution in [0.4, 0.5) is 5.69 Å². The van der Waals surface area contributed by atoms with Crippen LogP contribution < -0.4 is 11.0 Å². The molecule has 17 heavy (non-hydrogen) atoms. The van der Waals surface area contributed by atoms with E-state index in [-0.39, 0.29) is 0 Å². The summed E-state index contributed by atoms with van der Waals surface area (Å²) in [6, 6.07) is 11.2. The topological polar surface area (TPSA) is 61.5 Å². The number of benzene rings is 2. The number of rotatable bonds is 3. The lowest BCUT2D eigenvalue weighted by atomic mass is 10.1. The maximum atomic E-state index is 12.3. The van der Waals surface area contributed by atoms with Gasteiger partial charge in [0, 0.05) is 19.6 Å². The molecule has 0 spiro atoms. The molecule has 2 rings (SSSR count). The van der Waals surface area contributed by atoms with Crippen molar-refractivity contribution in [2.75, 3.05) is 20.0 Å². The van der Waals surface area contributed by atoms with Gasteiger partial charge in [-0.05, 0) is 11.5 Å². The van der Waals surface area contributed by atoms with Gasteiger partial charge in [-0.3, -0.25) is 4.57 Å². The first-order valence-corrected chi connectivity index (χ1v) is 6.66. The molecule has 2 aromatic rings. The fraction of sp³-hybridized carbons (Fsp3) is 0.167. The maximum absolute atomic E-state index is 12.3. The summed E-state index contributed by atoms with van der Waals surface area (Å²) in [5, 5.41) is 2.24. The Bertz CT molecular complexity index is 589. The molecule has 0 amide bonds. The van der Waals surface area contributed by atoms with Crippen LogP contribution in [0.5, 0.6) is 0 Å². The molecule has 2 N–H and O–H groups in total. The second-order valence-corrected chi connectivity index (χ2v) is 5.79. The van der Waals surface area contributed by atoms with E-state index in [1.807, 2.05) is 30.3 Å². The van der Waals surface area contributed by atoms with Crippen molar-refractivity contribution in [3.8, 4) is 0 Å². The van der Waals surface area contributed by atoms with Crippen LogP contribution in [0.3, 0.4) is 0 Å². The molecule has 0 aliphatic heterocycles. The highest BCUT2D eigenvalue weighted by molar-refractivity contribution is 7.62. The van der Waals surface area contributed by atoms with E-state index < -0.39 is 7.60 Å². The van der Waals surface area contributed by atoms with Gasteiger partial charge in [0.15, 0.2) is 0 Å². The van der Waals surface area contributed by atoms with Crippen molar-refractivity contribution >= 4 is 29.4 Å². The first-order chi connectivity index (χ1) is 8.12. The van der Waals surface area contributed by atoms with Crippen LogP contribution in [0, 0.1) is 0 Å². The number of nitrogens with two attached hydrogens (primary N) is 1. The lowest BCUT2D eigenvalue weighted by Gasteiger charge is -2.16. The monoisotopic (exact) mass is 251 g/mol. The number of anilines is 1. The van der Waals surface area contributed by atoms with Gasteiger partial charge >= 0.3 is 7.60 Å². The predicted molar refractivity (Wildman–Crippen MR) is 69.6 cm³/mol. The van der Waals surface area contributed by atoms with Gasteiger partial charge in [0.25, 0.3) is 0 Å². The Hall–Kier alpha value is -1.35. The molecular weight excluding hydrogens is 237 g/mol. The minimum absolute atomic E-state index is 0.404. The molecule has 0 aromatic heterocycles. The third-order valence-electron chi connectivity index (χ3n) is 2.72. The van der Waals surface area contributed by atoms with Crippen LogP contribution in [0.25, 0.3) is 10.8 Å². The van der Waals surface area contributed by atoms with Crippen LogP contribution in [0.1, 0.15) is 0 Å². The molecule has 5 heteroatoms. The summed E-state index contributed by atoms with van der Waals surface area (Å²) in [7, 11) is -0.608. The first kappa shape index (κ1) is 12.1. The molecule has 0 saturated carbocycles. The molecule has 0 aliphatic rings. The standard InChI is InChI=1S/C12H14NO3P/c1-15-17(14,16-2)11-8-7-9-5-3-4-6-10(9)12(11)13/h3-8H,13H2,1-2H3. The van der Waals surface area contributed by atoms with Crippen molar-refractivity contribution in [3.05, 3.63) is 36.4 Å². The van der Waals surface area contributed by atoms with Gasteiger partial charge in [0.05, 0.1) is 11.0 Å². The Balaban J connectivity index is 2.72. The van der Waals surface area contributed by atoms with Crippen LogP contribution in [0.15, 0.2) is 36.4 Å². The molecule has 0 aliphatic carbocycles. The predicted octanol–water partition coefficient (Wildman–Crippen LogP) is 2.53. The molecule has 0 saturated heterocycles. The Kier molecular flexibility index (Phi) is 3.20. The summed E-state index contributed by atoms with van der Waals surface area (Å²) in [6.07, 6.45) is 0. The van der Waals surface area contributed by atoms with Crippen molar-refractivity contribution in [1.29, 1.82) is 0 Å². The van der Waals surface area contributed by atoms with Gasteiger partial charge in [0.2, 0.25) is 0 Å². The molecule has 2 aromatic carbocycles. The van der Waals surface area contributed by atoms with Crippen LogP contribution >= 0.6 is 7.60 Å². The first-order valence-electron chi connectivity index (χ1n) is 5.11. The van der Waals surface area contributed by atoms with E-state index in [1.165, 1.54) is 14.2 Å². The molecule has 0 atom stereocenters. The zero-order valence-corrected chi connectivity index (χ0v) is 10.6. The van der Waals surface area contributed by atoms with E-state index in [4.69, 9.17) is 14.8 Å². The van der Waals surface area contributed by atoms with Crippen LogP contribution in [-0.4, -0.2) is 14.2 Å². The number of fused-ring (bicyclic) bond motifs is 1. The quantitative estimate of drug-likeness (QED) is 0.672. The number of nitrogen functional groups attached to an aromatic ring is 1. The normalized spacial score (nSPS) is 11.9. The molecule has 0 fully saturated rings. The van der Waals surface area contributed by atoms with Gasteiger partial charge in [-0.25, -0.2) is 0 Å². The third-order valence-corrected chi connectivity index (χ3v) is 4.66. The second-order valence-electron chi connectivity index (χ2n) is 3.58. The maximum Gasteiger partial charge on any atom is 0.362 e. The molecule has 0 heterocycles. The fourth-order valence-corrected chi connectivity index (χ4v) is 3.01. The third kappa shape index (κ3) is 1.95. The van der Waals surface area contributed by atoms with E-state index >= 15 is 0 Å². The highest BCUT2D eigenvalue weighted by Gasteiger charge is 2.27. The van der Waals surface area contributed by atoms with Crippen molar-refractivity contribution in [2.24, 2.45) is 0 Å². The Labute approximate surface area is 99.9 Å². The molecule has 0 bridgehead atoms. The number of hydrogen-bond acceptors (Lipinski definition) is 4. The summed E-state index contributed by atoms with van der Waals surface area (Å²) >= 11 is 0. The second kappa shape index (κ2) is 4.49. The average Bonchev–Trinajstić information content (AvgIpc) is 2.38. The summed E-state index contributed by atoms with van der Waals surface area (Å²) in [6.45, 7) is 0. The molecule has 0 radical (unpaired) electrons. The van der Waals surface area contributed by atoms with E-state index in [2.05, 4.69) is 0 Å². The zero-order valence-electron chi connectivity index (χ0n) is 9.71. The molecule has 0 unspecified atom stereocenters. The van der Waals surface area contributed by atoms with Gasteiger partial charge in [-0.2, -0.15) is 0 Å². The Morgan fingerprint density at radius 1 is 1.06 bits per heavy atom. The Morgan fingerprint density at radius 2 is 1.71 bits per heavy atom. The lowest BCUT2D eigenvalue weighted by Crippen LogP contribution is -2.13. The van der Waals surface area contributed by atoms with Crippen LogP contribution in [-0.2, 0) is 13.6 Å². The SMILES string of the molecule is COP(=O)(OC)c1ccc2ccccc2c1N. The van der Waals surface area contributed by atoms with Gasteiger partial charge in [-0.15, -0.1) is 0 Å². The summed E-state index contributed by atoms with van der Waals surface area (Å²) in [5.74, 6) is 0. The van der Waals surface area contributed by atoms with E-state index in [0.717, 1.165) is 10.8 Å². The van der Waals surface area contributed by atoms with E-state index in [9.17, 15) is 4.57 Å². The van der Waals surface area contributed by atoms with Gasteiger partial charge in [0.1, 0.15) is 0 Å². The zero-order chi connectivity index (χ0) is 12.5. The molecule has 90 valence electrons. The fourth-order valence-electron chi connectivity index (χ4n) is 1.79. The van der Waals surface area contributed by atoms with Crippen molar-refractivity contribution in [3.63, 3.8) is 0 Å². The highest BCUT2D eigenvalue weighted by Crippen LogP contribution is 2.47. The highest BCUT2D eigenvalue weighted by atomic mass is 31.2. The van der Waals surface area contributed by atoms with Crippen LogP contribution in [0.2, 0.25) is 0 Å². The van der Waals surface area contributed by atoms with E-state index in [0.29, 0.717) is 11.0 Å². The minimum atomic E-state index is -3.30. The van der Waals surface area contributed by atoms with Gasteiger partial charge in [-0.1, -0.05) is 30.3 Å². The van der Waals surface area contributed by atoms with E-state index in [1.54, 1.807) is 6.07 Å². The summed E-state index contributed by atoms with van der Waals surface area (Å²) in [4.78, 5) is 0. The lowest BCUT2D eigenvalue weighted by molar-refractivity contribution is 0.287. The largest absolute Gasteiger partial charge is 0.397 e.